The minimum atomic E-state index is -1.13. The Morgan fingerprint density at radius 3 is 2.65 bits per heavy atom. The number of anilines is 1. The van der Waals surface area contributed by atoms with E-state index in [-0.39, 0.29) is 5.69 Å². The van der Waals surface area contributed by atoms with E-state index in [1.807, 2.05) is 12.1 Å². The minimum absolute atomic E-state index is 0.133. The molecule has 1 heterocycles. The molecular weight excluding hydrogens is 258 g/mol. The van der Waals surface area contributed by atoms with Crippen LogP contribution in [0.4, 0.5) is 5.69 Å². The van der Waals surface area contributed by atoms with Crippen LogP contribution in [0.1, 0.15) is 23.3 Å². The van der Waals surface area contributed by atoms with Gasteiger partial charge in [0.2, 0.25) is 0 Å². The van der Waals surface area contributed by atoms with Crippen LogP contribution in [0.5, 0.6) is 0 Å². The van der Waals surface area contributed by atoms with Crippen molar-refractivity contribution in [1.29, 1.82) is 0 Å². The molecule has 1 aromatic carbocycles. The molecule has 6 nitrogen and oxygen atoms in total. The summed E-state index contributed by atoms with van der Waals surface area (Å²) in [6.45, 7) is 0. The number of carbonyl (C=O) groups excluding carboxylic acids is 1. The number of carboxylic acids is 1. The maximum absolute atomic E-state index is 12.1. The Morgan fingerprint density at radius 2 is 2.00 bits per heavy atom. The first-order valence-electron chi connectivity index (χ1n) is 6.23. The topological polar surface area (TPSA) is 105 Å². The molecule has 1 saturated carbocycles. The molecule has 1 amide bonds. The highest BCUT2D eigenvalue weighted by Gasteiger charge is 2.51. The van der Waals surface area contributed by atoms with Crippen LogP contribution in [0.2, 0.25) is 0 Å². The van der Waals surface area contributed by atoms with E-state index in [9.17, 15) is 9.59 Å². The lowest BCUT2D eigenvalue weighted by atomic mass is 10.1. The monoisotopic (exact) mass is 271 g/mol. The van der Waals surface area contributed by atoms with Crippen molar-refractivity contribution in [3.8, 4) is 0 Å². The molecule has 1 aliphatic carbocycles. The summed E-state index contributed by atoms with van der Waals surface area (Å²) in [5.41, 5.74) is 5.96. The second-order valence-corrected chi connectivity index (χ2v) is 4.96. The number of aliphatic carboxylic acids is 1. The van der Waals surface area contributed by atoms with Crippen LogP contribution in [0.15, 0.2) is 30.3 Å². The van der Waals surface area contributed by atoms with Crippen LogP contribution in [0, 0.1) is 0 Å². The van der Waals surface area contributed by atoms with Crippen molar-refractivity contribution in [2.45, 2.75) is 18.4 Å². The van der Waals surface area contributed by atoms with E-state index >= 15 is 0 Å². The number of hydrogen-bond acceptors (Lipinski definition) is 4. The number of aromatic nitrogens is 1. The summed E-state index contributed by atoms with van der Waals surface area (Å²) in [6, 6.07) is 8.68. The van der Waals surface area contributed by atoms with Gasteiger partial charge in [0.15, 0.2) is 0 Å². The van der Waals surface area contributed by atoms with Crippen LogP contribution in [0.25, 0.3) is 10.9 Å². The van der Waals surface area contributed by atoms with Gasteiger partial charge in [-0.05, 0) is 25.0 Å². The lowest BCUT2D eigenvalue weighted by molar-refractivity contribution is -0.140. The lowest BCUT2D eigenvalue weighted by Gasteiger charge is -2.12. The van der Waals surface area contributed by atoms with Crippen molar-refractivity contribution in [1.82, 2.24) is 10.3 Å². The van der Waals surface area contributed by atoms with Crippen molar-refractivity contribution in [2.75, 3.05) is 5.73 Å². The number of amides is 1. The summed E-state index contributed by atoms with van der Waals surface area (Å²) >= 11 is 0. The van der Waals surface area contributed by atoms with E-state index in [0.717, 1.165) is 5.39 Å². The fourth-order valence-electron chi connectivity index (χ4n) is 2.12. The highest BCUT2D eigenvalue weighted by molar-refractivity contribution is 6.01. The SMILES string of the molecule is Nc1cc(C(=O)NC2(C(=O)O)CC2)nc2ccccc12. The average Bonchev–Trinajstić information content (AvgIpc) is 3.19. The van der Waals surface area contributed by atoms with Crippen molar-refractivity contribution < 1.29 is 14.7 Å². The number of carboxylic acid groups (broad SMARTS) is 1. The number of para-hydroxylation sites is 1. The van der Waals surface area contributed by atoms with Crippen LogP contribution in [-0.2, 0) is 4.79 Å². The molecule has 0 spiro atoms. The Bertz CT molecular complexity index is 723. The van der Waals surface area contributed by atoms with Gasteiger partial charge in [0.1, 0.15) is 11.2 Å². The van der Waals surface area contributed by atoms with Gasteiger partial charge >= 0.3 is 5.97 Å². The molecular formula is C14H13N3O3. The molecule has 102 valence electrons. The third-order valence-electron chi connectivity index (χ3n) is 3.49. The number of nitrogens with one attached hydrogen (secondary N) is 1. The maximum Gasteiger partial charge on any atom is 0.329 e. The number of fused-ring (bicyclic) bond motifs is 1. The number of carbonyl (C=O) groups is 2. The van der Waals surface area contributed by atoms with Gasteiger partial charge in [-0.2, -0.15) is 0 Å². The molecule has 3 rings (SSSR count). The molecule has 20 heavy (non-hydrogen) atoms. The molecule has 0 saturated heterocycles. The van der Waals surface area contributed by atoms with Crippen molar-refractivity contribution in [3.05, 3.63) is 36.0 Å². The van der Waals surface area contributed by atoms with Crippen molar-refractivity contribution in [2.24, 2.45) is 0 Å². The summed E-state index contributed by atoms with van der Waals surface area (Å²) in [7, 11) is 0. The second-order valence-electron chi connectivity index (χ2n) is 4.96. The van der Waals surface area contributed by atoms with E-state index in [1.54, 1.807) is 12.1 Å². The maximum atomic E-state index is 12.1. The fraction of sp³-hybridized carbons (Fsp3) is 0.214. The fourth-order valence-corrected chi connectivity index (χ4v) is 2.12. The smallest absolute Gasteiger partial charge is 0.329 e. The summed E-state index contributed by atoms with van der Waals surface area (Å²) in [5, 5.41) is 12.4. The predicted octanol–water partition coefficient (Wildman–Crippen LogP) is 1.16. The number of nitrogens with two attached hydrogens (primary N) is 1. The van der Waals surface area contributed by atoms with E-state index in [1.165, 1.54) is 6.07 Å². The summed E-state index contributed by atoms with van der Waals surface area (Å²) in [6.07, 6.45) is 0.883. The summed E-state index contributed by atoms with van der Waals surface area (Å²) < 4.78 is 0. The first-order chi connectivity index (χ1) is 9.52. The zero-order valence-electron chi connectivity index (χ0n) is 10.6. The van der Waals surface area contributed by atoms with Crippen molar-refractivity contribution >= 4 is 28.5 Å². The Morgan fingerprint density at radius 1 is 1.30 bits per heavy atom. The lowest BCUT2D eigenvalue weighted by Crippen LogP contribution is -2.43. The van der Waals surface area contributed by atoms with Gasteiger partial charge in [-0.3, -0.25) is 4.79 Å². The molecule has 0 radical (unpaired) electrons. The Kier molecular flexibility index (Phi) is 2.60. The molecule has 2 aromatic rings. The van der Waals surface area contributed by atoms with Crippen LogP contribution < -0.4 is 11.1 Å². The van der Waals surface area contributed by atoms with E-state index in [0.29, 0.717) is 24.0 Å². The van der Waals surface area contributed by atoms with Crippen LogP contribution in [0.3, 0.4) is 0 Å². The van der Waals surface area contributed by atoms with Gasteiger partial charge < -0.3 is 16.2 Å². The van der Waals surface area contributed by atoms with E-state index in [2.05, 4.69) is 10.3 Å². The molecule has 0 aliphatic heterocycles. The number of hydrogen-bond donors (Lipinski definition) is 3. The number of nitrogens with zero attached hydrogens (tertiary/aromatic N) is 1. The van der Waals surface area contributed by atoms with Crippen molar-refractivity contribution in [3.63, 3.8) is 0 Å². The number of nitrogen functional groups attached to an aromatic ring is 1. The van der Waals surface area contributed by atoms with Gasteiger partial charge in [0.05, 0.1) is 5.52 Å². The Labute approximate surface area is 114 Å². The normalized spacial score (nSPS) is 15.8. The van der Waals surface area contributed by atoms with Gasteiger partial charge in [0, 0.05) is 11.1 Å². The third-order valence-corrected chi connectivity index (χ3v) is 3.49. The largest absolute Gasteiger partial charge is 0.480 e. The zero-order chi connectivity index (χ0) is 14.3. The summed E-state index contributed by atoms with van der Waals surface area (Å²) in [4.78, 5) is 27.4. The highest BCUT2D eigenvalue weighted by Crippen LogP contribution is 2.35. The summed E-state index contributed by atoms with van der Waals surface area (Å²) in [5.74, 6) is -1.53. The predicted molar refractivity (Wildman–Crippen MR) is 73.2 cm³/mol. The molecule has 1 aromatic heterocycles. The number of rotatable bonds is 3. The number of benzene rings is 1. The number of pyridine rings is 1. The van der Waals surface area contributed by atoms with Crippen LogP contribution in [-0.4, -0.2) is 27.5 Å². The third kappa shape index (κ3) is 1.95. The van der Waals surface area contributed by atoms with Gasteiger partial charge in [-0.1, -0.05) is 18.2 Å². The molecule has 1 aliphatic rings. The van der Waals surface area contributed by atoms with E-state index < -0.39 is 17.4 Å². The minimum Gasteiger partial charge on any atom is -0.480 e. The average molecular weight is 271 g/mol. The molecule has 0 atom stereocenters. The zero-order valence-corrected chi connectivity index (χ0v) is 10.6. The Balaban J connectivity index is 1.94. The molecule has 1 fully saturated rings. The first kappa shape index (κ1) is 12.4. The first-order valence-corrected chi connectivity index (χ1v) is 6.23. The molecule has 0 bridgehead atoms. The van der Waals surface area contributed by atoms with Gasteiger partial charge in [-0.15, -0.1) is 0 Å². The molecule has 6 heteroatoms. The Hall–Kier alpha value is -2.63. The van der Waals surface area contributed by atoms with Gasteiger partial charge in [-0.25, -0.2) is 9.78 Å². The standard InChI is InChI=1S/C14H13N3O3/c15-9-7-11(16-10-4-2-1-3-8(9)10)12(18)17-14(5-6-14)13(19)20/h1-4,7H,5-6H2,(H2,15,16)(H,17,18)(H,19,20). The quantitative estimate of drug-likeness (QED) is 0.777. The highest BCUT2D eigenvalue weighted by atomic mass is 16.4. The van der Waals surface area contributed by atoms with Gasteiger partial charge in [0.25, 0.3) is 5.91 Å². The molecule has 0 unspecified atom stereocenters. The molecule has 4 N–H and O–H groups in total. The van der Waals surface area contributed by atoms with Crippen LogP contribution >= 0.6 is 0 Å². The van der Waals surface area contributed by atoms with E-state index in [4.69, 9.17) is 10.8 Å². The second kappa shape index (κ2) is 4.19.